The highest BCUT2D eigenvalue weighted by atomic mass is 16.6. The molecule has 34 N–H and O–H groups in total. The van der Waals surface area contributed by atoms with E-state index in [1.807, 2.05) is 0 Å². The summed E-state index contributed by atoms with van der Waals surface area (Å²) in [6.07, 6.45) is -11.7. The first-order valence-electron chi connectivity index (χ1n) is 30.6. The van der Waals surface area contributed by atoms with Crippen molar-refractivity contribution in [2.75, 3.05) is 113 Å². The zero-order chi connectivity index (χ0) is 97.1. The first-order chi connectivity index (χ1) is 54.0. The van der Waals surface area contributed by atoms with E-state index in [0.717, 1.165) is 23.6 Å². The van der Waals surface area contributed by atoms with Gasteiger partial charge in [0.25, 0.3) is 0 Å². The van der Waals surface area contributed by atoms with E-state index in [-0.39, 0.29) is 32.6 Å². The van der Waals surface area contributed by atoms with Crippen LogP contribution in [0.3, 0.4) is 0 Å². The van der Waals surface area contributed by atoms with Gasteiger partial charge in [0.15, 0.2) is 41.9 Å². The van der Waals surface area contributed by atoms with Crippen molar-refractivity contribution in [2.45, 2.75) is 76.1 Å². The van der Waals surface area contributed by atoms with E-state index >= 15 is 0 Å². The molecular weight excluding hydrogens is 1670 g/mol. The molecule has 7 atom stereocenters. The summed E-state index contributed by atoms with van der Waals surface area (Å²) in [6, 6.07) is 0. The van der Waals surface area contributed by atoms with Crippen LogP contribution in [0.2, 0.25) is 0 Å². The summed E-state index contributed by atoms with van der Waals surface area (Å²) < 4.78 is 8.63. The van der Waals surface area contributed by atoms with Crippen LogP contribution in [0.4, 0.5) is 0 Å². The van der Waals surface area contributed by atoms with Crippen molar-refractivity contribution >= 4 is 143 Å². The Morgan fingerprint density at radius 1 is 0.395 bits per heavy atom. The number of carboxylic acids is 24. The maximum absolute atomic E-state index is 10.8. The maximum Gasteiger partial charge on any atom is 0.335 e. The van der Waals surface area contributed by atoms with Crippen LogP contribution in [0.5, 0.6) is 0 Å². The van der Waals surface area contributed by atoms with Gasteiger partial charge in [0.2, 0.25) is 0 Å². The molecule has 0 saturated carbocycles. The number of nitrogens with one attached hydrogen (secondary N) is 1. The largest absolute Gasteiger partial charge is 0.481 e. The third kappa shape index (κ3) is 84.0. The number of aliphatic hydroxyl groups excluding tert-OH is 7. The summed E-state index contributed by atoms with van der Waals surface area (Å²) in [5.74, 6) is -37.5. The Kier molecular flexibility index (Phi) is 78.6. The summed E-state index contributed by atoms with van der Waals surface area (Å²) in [5, 5.41) is 257. The lowest BCUT2D eigenvalue weighted by molar-refractivity contribution is -0.165. The smallest absolute Gasteiger partial charge is 0.335 e. The van der Waals surface area contributed by atoms with Gasteiger partial charge in [-0.05, 0) is 34.4 Å². The van der Waals surface area contributed by atoms with Crippen molar-refractivity contribution in [3.63, 3.8) is 0 Å². The molecule has 62 nitrogen and oxygen atoms in total. The highest BCUT2D eigenvalue weighted by molar-refractivity contribution is 5.97. The van der Waals surface area contributed by atoms with Gasteiger partial charge in [0.05, 0.1) is 77.6 Å². The molecule has 1 aliphatic rings. The summed E-state index contributed by atoms with van der Waals surface area (Å²) in [7, 11) is 3.43. The molecule has 7 unspecified atom stereocenters. The fraction of sp³-hybridized carbons (Fsp3) is 0.579. The molecule has 0 aromatic rings. The van der Waals surface area contributed by atoms with Gasteiger partial charge in [-0.1, -0.05) is 6.92 Å². The van der Waals surface area contributed by atoms with Crippen molar-refractivity contribution in [1.29, 1.82) is 0 Å². The van der Waals surface area contributed by atoms with Gasteiger partial charge in [-0.15, -0.1) is 0 Å². The van der Waals surface area contributed by atoms with Crippen LogP contribution in [0.15, 0.2) is 0 Å². The quantitative estimate of drug-likeness (QED) is 0.0252. The summed E-state index contributed by atoms with van der Waals surface area (Å²) in [6.45, 7) is -2.50. The van der Waals surface area contributed by atoms with Crippen molar-refractivity contribution < 1.29 is 283 Å². The predicted molar refractivity (Wildman–Crippen MR) is 364 cm³/mol. The molecule has 0 bridgehead atoms. The second-order valence-electron chi connectivity index (χ2n) is 21.8. The minimum absolute atomic E-state index is 0.0703. The van der Waals surface area contributed by atoms with E-state index in [4.69, 9.17) is 163 Å². The molecule has 0 amide bonds. The standard InChI is InChI=1S/C10H16N2O8.C8H8O9.C6H13NO5.2C5H8O4.C4H9NO2.C4H6O6.2C4H6O5.C3H4O4.C2H5NO2.C2H4O3/c13-7(14)3-11(4-8(15)16)1-2-12(5-9(17)18)6-10(19)20;9-5(10)1-2(6(11)12)4(8(15)16)17-3(1)7(13)14;8-2-6(3-9,4-10)7-1-5(11)12;1-5(2,3(6)7)4(8)9;1-2-3(4(6)7)5(8)9;1-5(2)3-4(6)7;5-1(3(7)8)2(6)4(9)10;5-3(6)1-9-2-4(7)8;5-2(4(8)9)1-3(6)7;4-2(5)1-3(6)7;2*3-1-2(4)5/h1-6H2,(H,13,14)(H,15,16)(H,17,18)(H,19,20);1-4H,(H,9,10)(H,11,12)(H,13,14)(H,15,16);7-10H,1-4H2,(H,11,12);1-2H3,(H,6,7)(H,8,9);3H,2H2,1H3,(H,6,7)(H,8,9);3H2,1-2H3,(H,6,7);1-2,5-6H,(H,7,8)(H,9,10);1-2H2,(H,5,6)(H,7,8);2,5H,1H2,(H,6,7)(H,8,9);1H2,(H,4,5)(H,6,7);1,3H2,(H,4,5);3H,1H2,(H,4,5). The number of nitrogens with two attached hydrogens (primary N) is 1. The lowest BCUT2D eigenvalue weighted by Crippen LogP contribution is -2.56. The number of carbonyl (C=O) groups is 24. The maximum atomic E-state index is 10.8. The SMILES string of the molecule is CC(C)(C(=O)O)C(=O)O.CCC(C(=O)O)C(=O)O.CN(C)CC(=O)O.NCC(=O)O.O=C(O)C(O)C(O)C(=O)O.O=C(O)C1OC(C(=O)O)C(C(=O)O)C1C(=O)O.O=C(O)CC(=O)O.O=C(O)CC(O)C(=O)O.O=C(O)CN(CCN(CC(=O)O)CC(=O)O)CC(=O)O.O=C(O)CNC(CO)(CO)CO.O=C(O)CO.O=C(O)COCC(=O)O. The van der Waals surface area contributed by atoms with Crippen LogP contribution in [0.1, 0.15) is 40.0 Å². The lowest BCUT2D eigenvalue weighted by atomic mass is 9.87. The number of nitrogens with zero attached hydrogens (tertiary/aromatic N) is 3. The fourth-order valence-electron chi connectivity index (χ4n) is 5.45. The minimum Gasteiger partial charge on any atom is -0.481 e. The monoisotopic (exact) mass is 1760 g/mol. The Hall–Kier alpha value is -13.3. The Bertz CT molecular complexity index is 3080. The summed E-state index contributed by atoms with van der Waals surface area (Å²) in [4.78, 5) is 244. The minimum atomic E-state index is -2.27. The topological polar surface area (TPSA) is 1100 Å². The highest BCUT2D eigenvalue weighted by Gasteiger charge is 2.58. The van der Waals surface area contributed by atoms with Gasteiger partial charge < -0.3 is 174 Å². The van der Waals surface area contributed by atoms with Crippen LogP contribution >= 0.6 is 0 Å². The highest BCUT2D eigenvalue weighted by Crippen LogP contribution is 2.34. The fourth-order valence-corrected chi connectivity index (χ4v) is 5.45. The predicted octanol–water partition coefficient (Wildman–Crippen LogP) is -12.8. The van der Waals surface area contributed by atoms with Crippen LogP contribution in [-0.4, -0.2) is 465 Å². The third-order valence-electron chi connectivity index (χ3n) is 11.1. The van der Waals surface area contributed by atoms with E-state index in [1.54, 1.807) is 19.0 Å². The molecule has 0 aromatic heterocycles. The molecule has 1 rings (SSSR count). The Balaban J connectivity index is -0.000000121. The number of rotatable bonds is 42. The number of aliphatic carboxylic acids is 24. The first kappa shape index (κ1) is 129. The molecule has 1 saturated heterocycles. The van der Waals surface area contributed by atoms with Gasteiger partial charge in [-0.2, -0.15) is 0 Å². The van der Waals surface area contributed by atoms with Gasteiger partial charge in [-0.25, -0.2) is 38.4 Å². The average molecular weight is 1760 g/mol. The van der Waals surface area contributed by atoms with Gasteiger partial charge in [0.1, 0.15) is 38.1 Å². The van der Waals surface area contributed by atoms with E-state index < -0.39 is 288 Å². The Morgan fingerprint density at radius 3 is 0.790 bits per heavy atom. The summed E-state index contributed by atoms with van der Waals surface area (Å²) in [5.41, 5.74) is 1.60. The average Bonchev–Trinajstić information content (AvgIpc) is 1.63. The normalized spacial score (nSPS) is 13.7. The van der Waals surface area contributed by atoms with Crippen LogP contribution in [0, 0.1) is 23.2 Å². The zero-order valence-electron chi connectivity index (χ0n) is 62.2. The molecule has 1 aliphatic heterocycles. The second-order valence-corrected chi connectivity index (χ2v) is 21.8. The van der Waals surface area contributed by atoms with E-state index in [1.165, 1.54) is 6.92 Å². The second kappa shape index (κ2) is 72.4. The Labute approximate surface area is 662 Å². The molecule has 1 heterocycles. The number of carboxylic acid groups (broad SMARTS) is 24. The molecule has 0 aliphatic carbocycles. The molecular formula is C57H93N5O57. The molecule has 119 heavy (non-hydrogen) atoms. The van der Waals surface area contributed by atoms with Crippen LogP contribution < -0.4 is 11.1 Å². The number of likely N-dealkylation sites (N-methyl/N-ethyl adjacent to an activating group) is 1. The lowest BCUT2D eigenvalue weighted by Gasteiger charge is -2.27. The van der Waals surface area contributed by atoms with E-state index in [0.29, 0.717) is 0 Å². The van der Waals surface area contributed by atoms with Gasteiger partial charge in [-0.3, -0.25) is 96.7 Å². The number of hydrogen-bond acceptors (Lipinski definition) is 38. The van der Waals surface area contributed by atoms with Crippen LogP contribution in [0.25, 0.3) is 0 Å². The molecule has 1 fully saturated rings. The van der Waals surface area contributed by atoms with Crippen molar-refractivity contribution in [3.05, 3.63) is 0 Å². The Morgan fingerprint density at radius 2 is 0.681 bits per heavy atom. The zero-order valence-corrected chi connectivity index (χ0v) is 62.2. The molecule has 0 spiro atoms. The molecule has 0 aromatic carbocycles. The number of aliphatic hydroxyl groups is 7. The first-order valence-corrected chi connectivity index (χ1v) is 30.6. The van der Waals surface area contributed by atoms with E-state index in [2.05, 4.69) is 20.5 Å². The molecule has 62 heteroatoms. The molecule has 688 valence electrons. The van der Waals surface area contributed by atoms with Crippen molar-refractivity contribution in [1.82, 2.24) is 20.0 Å². The third-order valence-corrected chi connectivity index (χ3v) is 11.1. The molecule has 0 radical (unpaired) electrons. The van der Waals surface area contributed by atoms with Crippen molar-refractivity contribution in [2.24, 2.45) is 28.9 Å². The van der Waals surface area contributed by atoms with Gasteiger partial charge >= 0.3 is 143 Å². The number of ether oxygens (including phenoxy) is 2. The van der Waals surface area contributed by atoms with Gasteiger partial charge in [0, 0.05) is 13.1 Å². The van der Waals surface area contributed by atoms with Crippen molar-refractivity contribution in [3.8, 4) is 0 Å². The van der Waals surface area contributed by atoms with E-state index in [9.17, 15) is 110 Å². The number of hydrogen-bond donors (Lipinski definition) is 33. The summed E-state index contributed by atoms with van der Waals surface area (Å²) >= 11 is 0. The van der Waals surface area contributed by atoms with Crippen LogP contribution in [-0.2, 0) is 125 Å².